The zero-order chi connectivity index (χ0) is 16.0. The Morgan fingerprint density at radius 1 is 1.38 bits per heavy atom. The Hall–Kier alpha value is -1.47. The Kier molecular flexibility index (Phi) is 6.29. The summed E-state index contributed by atoms with van der Waals surface area (Å²) in [5.41, 5.74) is -0.0491. The van der Waals surface area contributed by atoms with Crippen molar-refractivity contribution in [1.82, 2.24) is 9.62 Å². The van der Waals surface area contributed by atoms with Crippen molar-refractivity contribution in [2.24, 2.45) is 0 Å². The summed E-state index contributed by atoms with van der Waals surface area (Å²) >= 11 is 0. The van der Waals surface area contributed by atoms with E-state index in [-0.39, 0.29) is 24.7 Å². The first-order valence-corrected chi connectivity index (χ1v) is 8.61. The summed E-state index contributed by atoms with van der Waals surface area (Å²) in [4.78, 5) is 11.8. The highest BCUT2D eigenvalue weighted by molar-refractivity contribution is 7.88. The number of nitrogens with one attached hydrogen (secondary N) is 1. The normalized spacial score (nSPS) is 13.2. The average Bonchev–Trinajstić information content (AvgIpc) is 2.41. The fourth-order valence-corrected chi connectivity index (χ4v) is 3.16. The van der Waals surface area contributed by atoms with Gasteiger partial charge in [-0.05, 0) is 25.5 Å². The molecule has 0 spiro atoms. The Morgan fingerprint density at radius 2 is 2.00 bits per heavy atom. The molecular weight excluding hydrogens is 295 g/mol. The predicted molar refractivity (Wildman–Crippen MR) is 80.0 cm³/mol. The average molecular weight is 316 g/mol. The van der Waals surface area contributed by atoms with Gasteiger partial charge in [-0.25, -0.2) is 12.8 Å². The SMILES string of the molecule is CCC(C)N(CCNC(=O)c1ccccc1F)S(C)(=O)=O. The van der Waals surface area contributed by atoms with E-state index in [2.05, 4.69) is 5.32 Å². The van der Waals surface area contributed by atoms with E-state index in [1.807, 2.05) is 6.92 Å². The quantitative estimate of drug-likeness (QED) is 0.831. The van der Waals surface area contributed by atoms with Gasteiger partial charge in [-0.1, -0.05) is 19.1 Å². The Balaban J connectivity index is 2.63. The monoisotopic (exact) mass is 316 g/mol. The zero-order valence-corrected chi connectivity index (χ0v) is 13.3. The molecule has 1 unspecified atom stereocenters. The second kappa shape index (κ2) is 7.51. The number of halogens is 1. The van der Waals surface area contributed by atoms with E-state index in [1.54, 1.807) is 13.0 Å². The van der Waals surface area contributed by atoms with Crippen LogP contribution in [0.5, 0.6) is 0 Å². The van der Waals surface area contributed by atoms with E-state index >= 15 is 0 Å². The van der Waals surface area contributed by atoms with Crippen LogP contribution in [0.4, 0.5) is 4.39 Å². The third kappa shape index (κ3) is 5.09. The summed E-state index contributed by atoms with van der Waals surface area (Å²) in [6.45, 7) is 3.99. The molecule has 0 aromatic heterocycles. The Labute approximate surface area is 125 Å². The molecule has 1 aromatic carbocycles. The fraction of sp³-hybridized carbons (Fsp3) is 0.500. The Bertz CT molecular complexity index is 590. The molecule has 0 aliphatic heterocycles. The second-order valence-electron chi connectivity index (χ2n) is 4.87. The van der Waals surface area contributed by atoms with Gasteiger partial charge in [0.2, 0.25) is 10.0 Å². The molecular formula is C14H21FN2O3S. The number of nitrogens with zero attached hydrogens (tertiary/aromatic N) is 1. The van der Waals surface area contributed by atoms with Crippen molar-refractivity contribution < 1.29 is 17.6 Å². The molecule has 0 saturated carbocycles. The molecule has 1 N–H and O–H groups in total. The van der Waals surface area contributed by atoms with Crippen LogP contribution in [-0.4, -0.2) is 44.0 Å². The van der Waals surface area contributed by atoms with E-state index in [1.165, 1.54) is 22.5 Å². The van der Waals surface area contributed by atoms with Crippen LogP contribution in [0.15, 0.2) is 24.3 Å². The molecule has 7 heteroatoms. The van der Waals surface area contributed by atoms with Crippen molar-refractivity contribution >= 4 is 15.9 Å². The first kappa shape index (κ1) is 17.6. The topological polar surface area (TPSA) is 66.5 Å². The third-order valence-corrected chi connectivity index (χ3v) is 4.64. The molecule has 0 fully saturated rings. The van der Waals surface area contributed by atoms with Gasteiger partial charge in [-0.15, -0.1) is 0 Å². The summed E-state index contributed by atoms with van der Waals surface area (Å²) in [7, 11) is -3.34. The number of amides is 1. The van der Waals surface area contributed by atoms with E-state index in [0.717, 1.165) is 6.26 Å². The smallest absolute Gasteiger partial charge is 0.254 e. The summed E-state index contributed by atoms with van der Waals surface area (Å²) in [6.07, 6.45) is 1.81. The largest absolute Gasteiger partial charge is 0.351 e. The van der Waals surface area contributed by atoms with Crippen LogP contribution in [0.1, 0.15) is 30.6 Å². The first-order chi connectivity index (χ1) is 9.77. The van der Waals surface area contributed by atoms with Gasteiger partial charge in [0.1, 0.15) is 5.82 Å². The molecule has 5 nitrogen and oxygen atoms in total. The van der Waals surface area contributed by atoms with Crippen molar-refractivity contribution in [1.29, 1.82) is 0 Å². The van der Waals surface area contributed by atoms with E-state index in [9.17, 15) is 17.6 Å². The number of carbonyl (C=O) groups excluding carboxylic acids is 1. The molecule has 0 saturated heterocycles. The molecule has 118 valence electrons. The van der Waals surface area contributed by atoms with Gasteiger partial charge in [-0.2, -0.15) is 4.31 Å². The third-order valence-electron chi connectivity index (χ3n) is 3.24. The number of rotatable bonds is 7. The lowest BCUT2D eigenvalue weighted by molar-refractivity contribution is 0.0946. The molecule has 0 aliphatic carbocycles. The fourth-order valence-electron chi connectivity index (χ4n) is 1.94. The van der Waals surface area contributed by atoms with Crippen molar-refractivity contribution in [3.05, 3.63) is 35.6 Å². The number of hydrogen-bond acceptors (Lipinski definition) is 3. The minimum Gasteiger partial charge on any atom is -0.351 e. The standard InChI is InChI=1S/C14H21FN2O3S/c1-4-11(2)17(21(3,19)20)10-9-16-14(18)12-7-5-6-8-13(12)15/h5-8,11H,4,9-10H2,1-3H3,(H,16,18). The summed E-state index contributed by atoms with van der Waals surface area (Å²) in [5, 5.41) is 2.54. The van der Waals surface area contributed by atoms with Crippen molar-refractivity contribution in [2.45, 2.75) is 26.3 Å². The number of benzene rings is 1. The summed E-state index contributed by atoms with van der Waals surface area (Å²) in [5.74, 6) is -1.15. The number of hydrogen-bond donors (Lipinski definition) is 1. The maximum Gasteiger partial charge on any atom is 0.254 e. The van der Waals surface area contributed by atoms with E-state index < -0.39 is 21.7 Å². The lowest BCUT2D eigenvalue weighted by atomic mass is 10.2. The van der Waals surface area contributed by atoms with Gasteiger partial charge in [-0.3, -0.25) is 4.79 Å². The molecule has 1 amide bonds. The van der Waals surface area contributed by atoms with Crippen LogP contribution in [0.3, 0.4) is 0 Å². The van der Waals surface area contributed by atoms with Gasteiger partial charge in [0, 0.05) is 19.1 Å². The van der Waals surface area contributed by atoms with Crippen LogP contribution in [-0.2, 0) is 10.0 Å². The van der Waals surface area contributed by atoms with Crippen LogP contribution in [0, 0.1) is 5.82 Å². The molecule has 21 heavy (non-hydrogen) atoms. The minimum atomic E-state index is -3.34. The second-order valence-corrected chi connectivity index (χ2v) is 6.80. The van der Waals surface area contributed by atoms with E-state index in [4.69, 9.17) is 0 Å². The van der Waals surface area contributed by atoms with Gasteiger partial charge in [0.05, 0.1) is 11.8 Å². The molecule has 0 radical (unpaired) electrons. The summed E-state index contributed by atoms with van der Waals surface area (Å²) in [6, 6.07) is 5.51. The highest BCUT2D eigenvalue weighted by atomic mass is 32.2. The van der Waals surface area contributed by atoms with Gasteiger partial charge in [0.15, 0.2) is 0 Å². The lowest BCUT2D eigenvalue weighted by Crippen LogP contribution is -2.42. The minimum absolute atomic E-state index is 0.0491. The maximum atomic E-state index is 13.4. The van der Waals surface area contributed by atoms with Gasteiger partial charge in [0.25, 0.3) is 5.91 Å². The van der Waals surface area contributed by atoms with Crippen molar-refractivity contribution in [3.8, 4) is 0 Å². The molecule has 1 aromatic rings. The molecule has 0 aliphatic rings. The first-order valence-electron chi connectivity index (χ1n) is 6.77. The molecule has 1 atom stereocenters. The highest BCUT2D eigenvalue weighted by Gasteiger charge is 2.21. The molecule has 1 rings (SSSR count). The molecule has 0 heterocycles. The van der Waals surface area contributed by atoms with Crippen LogP contribution >= 0.6 is 0 Å². The maximum absolute atomic E-state index is 13.4. The zero-order valence-electron chi connectivity index (χ0n) is 12.5. The Morgan fingerprint density at radius 3 is 2.52 bits per heavy atom. The number of sulfonamides is 1. The summed E-state index contributed by atoms with van der Waals surface area (Å²) < 4.78 is 38.1. The lowest BCUT2D eigenvalue weighted by Gasteiger charge is -2.25. The van der Waals surface area contributed by atoms with Crippen LogP contribution in [0.2, 0.25) is 0 Å². The van der Waals surface area contributed by atoms with Crippen molar-refractivity contribution in [2.75, 3.05) is 19.3 Å². The van der Waals surface area contributed by atoms with Crippen LogP contribution < -0.4 is 5.32 Å². The number of carbonyl (C=O) groups is 1. The molecule has 0 bridgehead atoms. The predicted octanol–water partition coefficient (Wildman–Crippen LogP) is 1.62. The van der Waals surface area contributed by atoms with Gasteiger partial charge < -0.3 is 5.32 Å². The van der Waals surface area contributed by atoms with Crippen LogP contribution in [0.25, 0.3) is 0 Å². The van der Waals surface area contributed by atoms with Crippen molar-refractivity contribution in [3.63, 3.8) is 0 Å². The van der Waals surface area contributed by atoms with Gasteiger partial charge >= 0.3 is 0 Å². The highest BCUT2D eigenvalue weighted by Crippen LogP contribution is 2.08. The van der Waals surface area contributed by atoms with E-state index in [0.29, 0.717) is 6.42 Å².